The van der Waals surface area contributed by atoms with Crippen molar-refractivity contribution in [3.8, 4) is 0 Å². The maximum Gasteiger partial charge on any atom is 0.230 e. The molecule has 6 heteroatoms. The molecule has 0 amide bonds. The molecular formula is C16H22N6. The summed E-state index contributed by atoms with van der Waals surface area (Å²) in [5, 5.41) is 7.54. The van der Waals surface area contributed by atoms with Crippen LogP contribution in [0.25, 0.3) is 10.9 Å². The molecule has 1 aliphatic rings. The van der Waals surface area contributed by atoms with Crippen molar-refractivity contribution in [2.45, 2.75) is 27.2 Å². The number of fused-ring (bicyclic) bond motifs is 1. The number of hydrogen-bond acceptors (Lipinski definition) is 6. The van der Waals surface area contributed by atoms with Crippen LogP contribution in [0.2, 0.25) is 0 Å². The van der Waals surface area contributed by atoms with Gasteiger partial charge in [0.25, 0.3) is 0 Å². The topological polar surface area (TPSA) is 65.4 Å². The fraction of sp³-hybridized carbons (Fsp3) is 0.438. The number of nitrogens with zero attached hydrogens (tertiary/aromatic N) is 4. The molecule has 0 aliphatic carbocycles. The first-order valence-corrected chi connectivity index (χ1v) is 7.68. The summed E-state index contributed by atoms with van der Waals surface area (Å²) in [5.41, 5.74) is 3.12. The lowest BCUT2D eigenvalue weighted by molar-refractivity contribution is 0.265. The van der Waals surface area contributed by atoms with Gasteiger partial charge in [-0.05, 0) is 31.9 Å². The summed E-state index contributed by atoms with van der Waals surface area (Å²) in [7, 11) is 0. The van der Waals surface area contributed by atoms with E-state index in [9.17, 15) is 0 Å². The Morgan fingerprint density at radius 3 is 2.86 bits per heavy atom. The molecule has 0 atom stereocenters. The second kappa shape index (κ2) is 6.27. The van der Waals surface area contributed by atoms with E-state index in [1.165, 1.54) is 5.56 Å². The SMILES string of the molecule is CCCN1CN=C(Nc2nc(C)c3ccc(C)cc3n2)NC1. The van der Waals surface area contributed by atoms with E-state index in [0.717, 1.165) is 42.2 Å². The molecule has 22 heavy (non-hydrogen) atoms. The summed E-state index contributed by atoms with van der Waals surface area (Å²) in [6.45, 7) is 8.79. The largest absolute Gasteiger partial charge is 0.343 e. The summed E-state index contributed by atoms with van der Waals surface area (Å²) in [6.07, 6.45) is 1.13. The minimum atomic E-state index is 0.589. The van der Waals surface area contributed by atoms with Crippen LogP contribution in [-0.4, -0.2) is 40.7 Å². The first kappa shape index (κ1) is 14.7. The van der Waals surface area contributed by atoms with Crippen LogP contribution in [0, 0.1) is 13.8 Å². The van der Waals surface area contributed by atoms with E-state index < -0.39 is 0 Å². The van der Waals surface area contributed by atoms with Crippen LogP contribution in [-0.2, 0) is 0 Å². The Hall–Kier alpha value is -2.21. The fourth-order valence-corrected chi connectivity index (χ4v) is 2.57. The minimum absolute atomic E-state index is 0.589. The molecule has 116 valence electrons. The second-order valence-electron chi connectivity index (χ2n) is 5.66. The molecule has 0 spiro atoms. The number of rotatable bonds is 3. The number of nitrogens with one attached hydrogen (secondary N) is 2. The van der Waals surface area contributed by atoms with E-state index in [4.69, 9.17) is 0 Å². The Bertz CT molecular complexity index is 709. The monoisotopic (exact) mass is 298 g/mol. The van der Waals surface area contributed by atoms with E-state index in [0.29, 0.717) is 12.6 Å². The average Bonchev–Trinajstić information content (AvgIpc) is 2.49. The van der Waals surface area contributed by atoms with Crippen LogP contribution >= 0.6 is 0 Å². The average molecular weight is 298 g/mol. The van der Waals surface area contributed by atoms with Crippen LogP contribution < -0.4 is 10.6 Å². The van der Waals surface area contributed by atoms with Crippen LogP contribution in [0.4, 0.5) is 5.95 Å². The number of aryl methyl sites for hydroxylation is 2. The zero-order valence-corrected chi connectivity index (χ0v) is 13.3. The number of hydrogen-bond donors (Lipinski definition) is 2. The Morgan fingerprint density at radius 2 is 2.14 bits per heavy atom. The number of benzene rings is 1. The lowest BCUT2D eigenvalue weighted by atomic mass is 10.1. The first-order valence-electron chi connectivity index (χ1n) is 7.68. The molecule has 0 fully saturated rings. The van der Waals surface area contributed by atoms with Gasteiger partial charge >= 0.3 is 0 Å². The van der Waals surface area contributed by atoms with Crippen LogP contribution in [0.15, 0.2) is 23.2 Å². The van der Waals surface area contributed by atoms with Crippen LogP contribution in [0.5, 0.6) is 0 Å². The van der Waals surface area contributed by atoms with Crippen molar-refractivity contribution >= 4 is 22.8 Å². The van der Waals surface area contributed by atoms with Crippen molar-refractivity contribution in [1.29, 1.82) is 0 Å². The summed E-state index contributed by atoms with van der Waals surface area (Å²) in [4.78, 5) is 15.9. The van der Waals surface area contributed by atoms with Gasteiger partial charge in [0, 0.05) is 11.9 Å². The van der Waals surface area contributed by atoms with Gasteiger partial charge in [-0.1, -0.05) is 19.1 Å². The van der Waals surface area contributed by atoms with Crippen molar-refractivity contribution in [3.63, 3.8) is 0 Å². The summed E-state index contributed by atoms with van der Waals surface area (Å²) in [6, 6.07) is 6.23. The molecule has 1 aliphatic heterocycles. The standard InChI is InChI=1S/C16H22N6/c1-4-7-22-9-17-15(18-10-22)21-16-19-12(3)13-6-5-11(2)8-14(13)20-16/h5-6,8H,4,7,9-10H2,1-3H3,(H2,17,18,19,20,21). The Morgan fingerprint density at radius 1 is 1.27 bits per heavy atom. The molecule has 0 radical (unpaired) electrons. The molecule has 6 nitrogen and oxygen atoms in total. The van der Waals surface area contributed by atoms with E-state index in [1.807, 2.05) is 6.92 Å². The Labute approximate surface area is 130 Å². The maximum absolute atomic E-state index is 4.59. The van der Waals surface area contributed by atoms with Gasteiger partial charge in [-0.15, -0.1) is 0 Å². The Balaban J connectivity index is 1.80. The number of guanidine groups is 1. The van der Waals surface area contributed by atoms with Gasteiger partial charge in [0.2, 0.25) is 11.9 Å². The highest BCUT2D eigenvalue weighted by Gasteiger charge is 2.12. The molecule has 2 heterocycles. The predicted octanol–water partition coefficient (Wildman–Crippen LogP) is 2.24. The van der Waals surface area contributed by atoms with Crippen LogP contribution in [0.3, 0.4) is 0 Å². The van der Waals surface area contributed by atoms with E-state index in [-0.39, 0.29) is 0 Å². The predicted molar refractivity (Wildman–Crippen MR) is 89.9 cm³/mol. The van der Waals surface area contributed by atoms with Gasteiger partial charge in [-0.3, -0.25) is 10.2 Å². The normalized spacial score (nSPS) is 15.5. The van der Waals surface area contributed by atoms with Gasteiger partial charge in [0.05, 0.1) is 24.5 Å². The third-order valence-electron chi connectivity index (χ3n) is 3.71. The third kappa shape index (κ3) is 3.17. The van der Waals surface area contributed by atoms with E-state index >= 15 is 0 Å². The molecule has 0 unspecified atom stereocenters. The van der Waals surface area contributed by atoms with Crippen molar-refractivity contribution in [2.24, 2.45) is 4.99 Å². The molecule has 3 rings (SSSR count). The van der Waals surface area contributed by atoms with Gasteiger partial charge in [0.15, 0.2) is 0 Å². The maximum atomic E-state index is 4.59. The van der Waals surface area contributed by atoms with Gasteiger partial charge in [0.1, 0.15) is 0 Å². The molecule has 0 bridgehead atoms. The smallest absolute Gasteiger partial charge is 0.230 e. The van der Waals surface area contributed by atoms with Crippen molar-refractivity contribution in [1.82, 2.24) is 20.2 Å². The van der Waals surface area contributed by atoms with Crippen molar-refractivity contribution in [2.75, 3.05) is 25.2 Å². The molecule has 0 saturated heterocycles. The third-order valence-corrected chi connectivity index (χ3v) is 3.71. The quantitative estimate of drug-likeness (QED) is 0.910. The minimum Gasteiger partial charge on any atom is -0.343 e. The second-order valence-corrected chi connectivity index (χ2v) is 5.66. The van der Waals surface area contributed by atoms with Crippen molar-refractivity contribution < 1.29 is 0 Å². The van der Waals surface area contributed by atoms with E-state index in [2.05, 4.69) is 62.5 Å². The molecule has 1 aromatic heterocycles. The van der Waals surface area contributed by atoms with E-state index in [1.54, 1.807) is 0 Å². The molecule has 0 saturated carbocycles. The highest BCUT2D eigenvalue weighted by molar-refractivity contribution is 5.93. The molecular weight excluding hydrogens is 276 g/mol. The van der Waals surface area contributed by atoms with Crippen LogP contribution in [0.1, 0.15) is 24.6 Å². The number of anilines is 1. The zero-order chi connectivity index (χ0) is 15.5. The first-order chi connectivity index (χ1) is 10.7. The van der Waals surface area contributed by atoms with Gasteiger partial charge < -0.3 is 5.32 Å². The molecule has 1 aromatic carbocycles. The molecule has 2 N–H and O–H groups in total. The number of aliphatic imine (C=N–C) groups is 1. The van der Waals surface area contributed by atoms with Crippen molar-refractivity contribution in [3.05, 3.63) is 29.5 Å². The highest BCUT2D eigenvalue weighted by atomic mass is 15.4. The van der Waals surface area contributed by atoms with Gasteiger partial charge in [-0.25, -0.2) is 15.0 Å². The highest BCUT2D eigenvalue weighted by Crippen LogP contribution is 2.18. The fourth-order valence-electron chi connectivity index (χ4n) is 2.57. The summed E-state index contributed by atoms with van der Waals surface area (Å²) in [5.74, 6) is 1.32. The Kier molecular flexibility index (Phi) is 4.20. The van der Waals surface area contributed by atoms with Gasteiger partial charge in [-0.2, -0.15) is 0 Å². The lowest BCUT2D eigenvalue weighted by Crippen LogP contribution is -2.46. The zero-order valence-electron chi connectivity index (χ0n) is 13.3. The summed E-state index contributed by atoms with van der Waals surface area (Å²) >= 11 is 0. The lowest BCUT2D eigenvalue weighted by Gasteiger charge is -2.26. The molecule has 2 aromatic rings. The number of aromatic nitrogens is 2. The summed E-state index contributed by atoms with van der Waals surface area (Å²) < 4.78 is 0.